The number of aromatic nitrogens is 1. The molecule has 2 N–H and O–H groups in total. The highest BCUT2D eigenvalue weighted by molar-refractivity contribution is 6.04. The second kappa shape index (κ2) is 8.62. The van der Waals surface area contributed by atoms with Gasteiger partial charge in [-0.05, 0) is 71.1 Å². The van der Waals surface area contributed by atoms with Gasteiger partial charge in [-0.15, -0.1) is 0 Å². The molecular formula is C20H28N4O. The molecule has 0 spiro atoms. The van der Waals surface area contributed by atoms with Crippen LogP contribution in [0.2, 0.25) is 0 Å². The highest BCUT2D eigenvalue weighted by Crippen LogP contribution is 2.22. The highest BCUT2D eigenvalue weighted by atomic mass is 16.1. The molecule has 1 amide bonds. The number of carbonyl (C=O) groups excluding carboxylic acids is 1. The van der Waals surface area contributed by atoms with Crippen LogP contribution in [0.3, 0.4) is 0 Å². The van der Waals surface area contributed by atoms with Crippen molar-refractivity contribution in [2.75, 3.05) is 37.8 Å². The molecule has 1 aromatic carbocycles. The molecule has 0 fully saturated rings. The van der Waals surface area contributed by atoms with E-state index >= 15 is 0 Å². The zero-order valence-corrected chi connectivity index (χ0v) is 15.8. The monoisotopic (exact) mass is 340 g/mol. The van der Waals surface area contributed by atoms with Crippen LogP contribution in [0.5, 0.6) is 0 Å². The lowest BCUT2D eigenvalue weighted by atomic mass is 10.0. The number of hydrogen-bond donors (Lipinski definition) is 2. The maximum absolute atomic E-state index is 12.6. The Morgan fingerprint density at radius 1 is 1.12 bits per heavy atom. The quantitative estimate of drug-likeness (QED) is 0.756. The van der Waals surface area contributed by atoms with E-state index in [1.807, 2.05) is 19.9 Å². The maximum atomic E-state index is 12.6. The first-order chi connectivity index (χ1) is 11.9. The summed E-state index contributed by atoms with van der Waals surface area (Å²) in [5.74, 6) is -0.188. The summed E-state index contributed by atoms with van der Waals surface area (Å²) in [5.41, 5.74) is 5.50. The van der Waals surface area contributed by atoms with Crippen molar-refractivity contribution in [1.82, 2.24) is 9.88 Å². The van der Waals surface area contributed by atoms with Crippen molar-refractivity contribution < 1.29 is 4.79 Å². The number of pyridine rings is 1. The van der Waals surface area contributed by atoms with E-state index in [2.05, 4.69) is 53.7 Å². The summed E-state index contributed by atoms with van der Waals surface area (Å²) < 4.78 is 0. The Balaban J connectivity index is 2.04. The Morgan fingerprint density at radius 2 is 1.80 bits per heavy atom. The van der Waals surface area contributed by atoms with Crippen LogP contribution in [-0.4, -0.2) is 43.0 Å². The molecule has 2 rings (SSSR count). The molecule has 0 bridgehead atoms. The van der Waals surface area contributed by atoms with E-state index in [-0.39, 0.29) is 5.91 Å². The number of hydrogen-bond acceptors (Lipinski definition) is 4. The van der Waals surface area contributed by atoms with Crippen LogP contribution in [0.4, 0.5) is 11.4 Å². The van der Waals surface area contributed by atoms with Gasteiger partial charge in [-0.3, -0.25) is 9.78 Å². The minimum absolute atomic E-state index is 0.188. The van der Waals surface area contributed by atoms with Crippen LogP contribution in [0.25, 0.3) is 0 Å². The number of nitrogens with zero attached hydrogens (tertiary/aromatic N) is 2. The Morgan fingerprint density at radius 3 is 2.44 bits per heavy atom. The third-order valence-corrected chi connectivity index (χ3v) is 4.02. The number of nitrogens with one attached hydrogen (secondary N) is 2. The van der Waals surface area contributed by atoms with Crippen molar-refractivity contribution in [3.63, 3.8) is 0 Å². The van der Waals surface area contributed by atoms with Crippen molar-refractivity contribution in [2.24, 2.45) is 0 Å². The molecule has 0 saturated carbocycles. The summed E-state index contributed by atoms with van der Waals surface area (Å²) in [6, 6.07) is 7.82. The van der Waals surface area contributed by atoms with Gasteiger partial charge in [0.1, 0.15) is 5.69 Å². The van der Waals surface area contributed by atoms with Gasteiger partial charge in [0, 0.05) is 24.1 Å². The van der Waals surface area contributed by atoms with E-state index in [0.717, 1.165) is 42.0 Å². The summed E-state index contributed by atoms with van der Waals surface area (Å²) in [6.07, 6.45) is 2.71. The van der Waals surface area contributed by atoms with E-state index in [4.69, 9.17) is 0 Å². The van der Waals surface area contributed by atoms with Gasteiger partial charge < -0.3 is 15.5 Å². The second-order valence-electron chi connectivity index (χ2n) is 6.74. The molecule has 0 radical (unpaired) electrons. The first-order valence-corrected chi connectivity index (χ1v) is 8.60. The molecule has 0 unspecified atom stereocenters. The number of amides is 1. The predicted molar refractivity (Wildman–Crippen MR) is 105 cm³/mol. The Labute approximate surface area is 150 Å². The lowest BCUT2D eigenvalue weighted by molar-refractivity contribution is 0.102. The van der Waals surface area contributed by atoms with Crippen LogP contribution < -0.4 is 10.6 Å². The topological polar surface area (TPSA) is 57.3 Å². The number of rotatable bonds is 7. The van der Waals surface area contributed by atoms with E-state index in [1.165, 1.54) is 5.56 Å². The molecule has 0 saturated heterocycles. The van der Waals surface area contributed by atoms with E-state index in [0.29, 0.717) is 5.69 Å². The molecule has 1 heterocycles. The van der Waals surface area contributed by atoms with Crippen LogP contribution in [0.15, 0.2) is 30.5 Å². The second-order valence-corrected chi connectivity index (χ2v) is 6.74. The minimum Gasteiger partial charge on any atom is -0.385 e. The summed E-state index contributed by atoms with van der Waals surface area (Å²) in [6.45, 7) is 7.95. The average molecular weight is 340 g/mol. The molecule has 1 aromatic heterocycles. The van der Waals surface area contributed by atoms with Gasteiger partial charge in [-0.25, -0.2) is 0 Å². The molecule has 5 nitrogen and oxygen atoms in total. The van der Waals surface area contributed by atoms with Gasteiger partial charge >= 0.3 is 0 Å². The van der Waals surface area contributed by atoms with Gasteiger partial charge in [0.25, 0.3) is 5.91 Å². The highest BCUT2D eigenvalue weighted by Gasteiger charge is 2.12. The van der Waals surface area contributed by atoms with Crippen molar-refractivity contribution in [3.8, 4) is 0 Å². The first-order valence-electron chi connectivity index (χ1n) is 8.60. The minimum atomic E-state index is -0.188. The fraction of sp³-hybridized carbons (Fsp3) is 0.400. The number of carbonyl (C=O) groups is 1. The normalized spacial score (nSPS) is 10.8. The fourth-order valence-electron chi connectivity index (χ4n) is 2.85. The molecular weight excluding hydrogens is 312 g/mol. The van der Waals surface area contributed by atoms with Crippen molar-refractivity contribution in [1.29, 1.82) is 0 Å². The van der Waals surface area contributed by atoms with E-state index in [1.54, 1.807) is 12.3 Å². The van der Waals surface area contributed by atoms with Crippen molar-refractivity contribution in [2.45, 2.75) is 27.2 Å². The van der Waals surface area contributed by atoms with Crippen LogP contribution in [0.1, 0.15) is 33.6 Å². The molecule has 134 valence electrons. The third-order valence-electron chi connectivity index (χ3n) is 4.02. The number of anilines is 2. The van der Waals surface area contributed by atoms with Crippen LogP contribution in [0, 0.1) is 20.8 Å². The molecule has 5 heteroatoms. The third kappa shape index (κ3) is 5.57. The number of aryl methyl sites for hydroxylation is 3. The standard InChI is InChI=1S/C20H28N4O/c1-14-11-15(2)19(16(3)12-14)23-20(25)18-13-17(7-9-22-18)21-8-6-10-24(4)5/h7,9,11-13H,6,8,10H2,1-5H3,(H,21,22)(H,23,25). The van der Waals surface area contributed by atoms with Crippen molar-refractivity contribution in [3.05, 3.63) is 52.8 Å². The van der Waals surface area contributed by atoms with Gasteiger partial charge in [-0.1, -0.05) is 17.7 Å². The summed E-state index contributed by atoms with van der Waals surface area (Å²) >= 11 is 0. The number of benzene rings is 1. The summed E-state index contributed by atoms with van der Waals surface area (Å²) in [7, 11) is 4.12. The predicted octanol–water partition coefficient (Wildman–Crippen LogP) is 3.62. The SMILES string of the molecule is Cc1cc(C)c(NC(=O)c2cc(NCCCN(C)C)ccn2)c(C)c1. The Hall–Kier alpha value is -2.40. The van der Waals surface area contributed by atoms with E-state index < -0.39 is 0 Å². The lowest BCUT2D eigenvalue weighted by Crippen LogP contribution is -2.17. The Bertz CT molecular complexity index is 717. The van der Waals surface area contributed by atoms with Gasteiger partial charge in [-0.2, -0.15) is 0 Å². The molecule has 2 aromatic rings. The van der Waals surface area contributed by atoms with Gasteiger partial charge in [0.15, 0.2) is 0 Å². The molecule has 0 aliphatic heterocycles. The molecule has 0 aliphatic carbocycles. The van der Waals surface area contributed by atoms with Crippen LogP contribution >= 0.6 is 0 Å². The first kappa shape index (κ1) is 18.9. The van der Waals surface area contributed by atoms with Gasteiger partial charge in [0.05, 0.1) is 0 Å². The maximum Gasteiger partial charge on any atom is 0.274 e. The fourth-order valence-corrected chi connectivity index (χ4v) is 2.85. The summed E-state index contributed by atoms with van der Waals surface area (Å²) in [5, 5.41) is 6.34. The smallest absolute Gasteiger partial charge is 0.274 e. The van der Waals surface area contributed by atoms with Gasteiger partial charge in [0.2, 0.25) is 0 Å². The van der Waals surface area contributed by atoms with E-state index in [9.17, 15) is 4.79 Å². The largest absolute Gasteiger partial charge is 0.385 e. The average Bonchev–Trinajstić information content (AvgIpc) is 2.55. The molecule has 0 atom stereocenters. The molecule has 0 aliphatic rings. The zero-order valence-electron chi connectivity index (χ0n) is 15.8. The zero-order chi connectivity index (χ0) is 18.4. The van der Waals surface area contributed by atoms with Crippen molar-refractivity contribution >= 4 is 17.3 Å². The van der Waals surface area contributed by atoms with Crippen LogP contribution in [-0.2, 0) is 0 Å². The Kier molecular flexibility index (Phi) is 6.53. The lowest BCUT2D eigenvalue weighted by Gasteiger charge is -2.13. The molecule has 25 heavy (non-hydrogen) atoms. The summed E-state index contributed by atoms with van der Waals surface area (Å²) in [4.78, 5) is 18.9.